The van der Waals surface area contributed by atoms with Gasteiger partial charge in [-0.1, -0.05) is 0 Å². The van der Waals surface area contributed by atoms with Gasteiger partial charge in [-0.3, -0.25) is 19.2 Å². The van der Waals surface area contributed by atoms with E-state index in [0.29, 0.717) is 5.06 Å². The lowest BCUT2D eigenvalue weighted by Gasteiger charge is -2.38. The lowest BCUT2D eigenvalue weighted by atomic mass is 9.77. The number of esters is 3. The second-order valence-electron chi connectivity index (χ2n) is 9.84. The van der Waals surface area contributed by atoms with Crippen molar-refractivity contribution in [2.45, 2.75) is 32.3 Å². The van der Waals surface area contributed by atoms with Gasteiger partial charge >= 0.3 is 23.9 Å². The van der Waals surface area contributed by atoms with Gasteiger partial charge < -0.3 is 23.8 Å². The van der Waals surface area contributed by atoms with Gasteiger partial charge in [0.2, 0.25) is 0 Å². The number of fused-ring (bicyclic) bond motifs is 6. The fraction of sp³-hybridized carbons (Fsp3) is 0.172. The highest BCUT2D eigenvalue weighted by molar-refractivity contribution is 9.11. The van der Waals surface area contributed by atoms with Crippen LogP contribution in [-0.2, 0) is 34.4 Å². The molecular weight excluding hydrogens is 858 g/mol. The summed E-state index contributed by atoms with van der Waals surface area (Å²) in [5.41, 5.74) is -1.11. The van der Waals surface area contributed by atoms with Gasteiger partial charge in [0.25, 0.3) is 11.8 Å². The number of halogens is 4. The Labute approximate surface area is 286 Å². The van der Waals surface area contributed by atoms with Crippen molar-refractivity contribution in [3.05, 3.63) is 76.0 Å². The highest BCUT2D eigenvalue weighted by atomic mass is 79.9. The van der Waals surface area contributed by atoms with Crippen LogP contribution in [0, 0.1) is 0 Å². The van der Waals surface area contributed by atoms with Crippen molar-refractivity contribution in [2.75, 3.05) is 0 Å². The molecule has 0 N–H and O–H groups in total. The van der Waals surface area contributed by atoms with Crippen LogP contribution in [-0.4, -0.2) is 40.8 Å². The number of ether oxygens (including phenoxy) is 4. The lowest BCUT2D eigenvalue weighted by molar-refractivity contribution is -0.172. The predicted molar refractivity (Wildman–Crippen MR) is 165 cm³/mol. The quantitative estimate of drug-likeness (QED) is 0.163. The smallest absolute Gasteiger partial charge is 0.363 e. The zero-order valence-electron chi connectivity index (χ0n) is 22.8. The number of nitrogens with zero attached hydrogens (tertiary/aromatic N) is 1. The normalized spacial score (nSPS) is 15.6. The molecule has 0 radical (unpaired) electrons. The van der Waals surface area contributed by atoms with Gasteiger partial charge in [0, 0.05) is 32.3 Å². The largest absolute Gasteiger partial charge is 0.454 e. The Bertz CT molecular complexity index is 1850. The first kappa shape index (κ1) is 31.4. The molecule has 1 fully saturated rings. The number of benzene rings is 3. The molecule has 3 aromatic carbocycles. The third-order valence-corrected chi connectivity index (χ3v) is 9.62. The standard InChI is InChI=1S/C29H15Br4NO11/c1-10(35)41-25-17(30)8-15-23(21(25)32)43-24-16(9-18(31)26(22(24)33)42-11(2)36)29(15)14-7-12(3-4-13(14)28(40)44-29)27(39)45-34-19(37)5-6-20(34)38/h3-4,7-9H,5-6H2,1-2H3. The third-order valence-electron chi connectivity index (χ3n) is 7.00. The number of carbonyl (C=O) groups excluding carboxylic acids is 6. The molecule has 0 bridgehead atoms. The number of rotatable bonds is 4. The van der Waals surface area contributed by atoms with Gasteiger partial charge in [0.15, 0.2) is 28.6 Å². The molecule has 16 heteroatoms. The van der Waals surface area contributed by atoms with Gasteiger partial charge in [-0.25, -0.2) is 9.59 Å². The van der Waals surface area contributed by atoms with Crippen molar-refractivity contribution in [3.63, 3.8) is 0 Å². The minimum Gasteiger partial charge on any atom is -0.454 e. The molecule has 0 aliphatic carbocycles. The molecule has 1 saturated heterocycles. The highest BCUT2D eigenvalue weighted by Crippen LogP contribution is 2.63. The maximum absolute atomic E-state index is 13.5. The molecule has 2 amide bonds. The van der Waals surface area contributed by atoms with Gasteiger partial charge in [-0.15, -0.1) is 5.06 Å². The summed E-state index contributed by atoms with van der Waals surface area (Å²) in [6.07, 6.45) is -0.180. The van der Waals surface area contributed by atoms with Crippen molar-refractivity contribution < 1.29 is 52.6 Å². The summed E-state index contributed by atoms with van der Waals surface area (Å²) >= 11 is 13.8. The van der Waals surface area contributed by atoms with E-state index in [1.165, 1.54) is 44.2 Å². The molecule has 0 unspecified atom stereocenters. The molecule has 0 aromatic heterocycles. The SMILES string of the molecule is CC(=O)Oc1c(Br)cc2c(c1Br)Oc1c(cc(Br)c(OC(C)=O)c1Br)C21OC(=O)c2ccc(C(=O)ON3C(=O)CCC3=O)cc21. The van der Waals surface area contributed by atoms with Crippen molar-refractivity contribution in [3.8, 4) is 23.0 Å². The fourth-order valence-corrected chi connectivity index (χ4v) is 7.92. The van der Waals surface area contributed by atoms with Crippen molar-refractivity contribution in [2.24, 2.45) is 0 Å². The van der Waals surface area contributed by atoms with E-state index in [-0.39, 0.29) is 81.5 Å². The van der Waals surface area contributed by atoms with Gasteiger partial charge in [-0.2, -0.15) is 0 Å². The molecule has 3 aromatic rings. The monoisotopic (exact) mass is 869 g/mol. The molecule has 3 aliphatic rings. The van der Waals surface area contributed by atoms with Crippen molar-refractivity contribution in [1.82, 2.24) is 5.06 Å². The molecular formula is C29H15Br4NO11. The summed E-state index contributed by atoms with van der Waals surface area (Å²) in [4.78, 5) is 79.8. The maximum Gasteiger partial charge on any atom is 0.363 e. The van der Waals surface area contributed by atoms with Crippen LogP contribution in [0.1, 0.15) is 64.1 Å². The van der Waals surface area contributed by atoms with Crippen LogP contribution in [0.5, 0.6) is 23.0 Å². The van der Waals surface area contributed by atoms with E-state index < -0.39 is 41.3 Å². The van der Waals surface area contributed by atoms with Gasteiger partial charge in [0.05, 0.1) is 31.2 Å². The zero-order chi connectivity index (χ0) is 32.5. The second-order valence-corrected chi connectivity index (χ2v) is 13.1. The predicted octanol–water partition coefficient (Wildman–Crippen LogP) is 6.38. The fourth-order valence-electron chi connectivity index (χ4n) is 5.20. The first-order valence-electron chi connectivity index (χ1n) is 12.8. The molecule has 6 rings (SSSR count). The molecule has 0 atom stereocenters. The van der Waals surface area contributed by atoms with Crippen molar-refractivity contribution in [1.29, 1.82) is 0 Å². The Balaban J connectivity index is 1.62. The number of amides is 2. The Morgan fingerprint density at radius 3 is 1.78 bits per heavy atom. The Kier molecular flexibility index (Phi) is 7.90. The van der Waals surface area contributed by atoms with Crippen LogP contribution in [0.4, 0.5) is 0 Å². The number of carbonyl (C=O) groups is 6. The van der Waals surface area contributed by atoms with E-state index in [1.54, 1.807) is 0 Å². The Morgan fingerprint density at radius 1 is 0.778 bits per heavy atom. The number of hydroxylamine groups is 2. The van der Waals surface area contributed by atoms with E-state index >= 15 is 0 Å². The maximum atomic E-state index is 13.5. The van der Waals surface area contributed by atoms with Gasteiger partial charge in [0.1, 0.15) is 8.95 Å². The van der Waals surface area contributed by atoms with Crippen LogP contribution in [0.2, 0.25) is 0 Å². The van der Waals surface area contributed by atoms with Crippen LogP contribution in [0.15, 0.2) is 48.2 Å². The average Bonchev–Trinajstić information content (AvgIpc) is 3.45. The number of hydrogen-bond donors (Lipinski definition) is 0. The lowest BCUT2D eigenvalue weighted by Crippen LogP contribution is -2.34. The first-order valence-corrected chi connectivity index (χ1v) is 16.0. The molecule has 230 valence electrons. The number of imide groups is 1. The molecule has 45 heavy (non-hydrogen) atoms. The molecule has 3 aliphatic heterocycles. The molecule has 0 saturated carbocycles. The second kappa shape index (κ2) is 11.3. The highest BCUT2D eigenvalue weighted by Gasteiger charge is 2.56. The van der Waals surface area contributed by atoms with Crippen molar-refractivity contribution >= 4 is 99.4 Å². The van der Waals surface area contributed by atoms with Crippen LogP contribution in [0.25, 0.3) is 0 Å². The summed E-state index contributed by atoms with van der Waals surface area (Å²) in [5, 5.41) is 0.418. The molecule has 1 spiro atoms. The minimum absolute atomic E-state index is 0.0649. The summed E-state index contributed by atoms with van der Waals surface area (Å²) in [6, 6.07) is 7.10. The summed E-state index contributed by atoms with van der Waals surface area (Å²) in [6.45, 7) is 2.43. The van der Waals surface area contributed by atoms with Crippen LogP contribution >= 0.6 is 63.7 Å². The average molecular weight is 873 g/mol. The number of hydrogen-bond acceptors (Lipinski definition) is 11. The molecule has 3 heterocycles. The third kappa shape index (κ3) is 4.98. The van der Waals surface area contributed by atoms with Gasteiger partial charge in [-0.05, 0) is 94.1 Å². The van der Waals surface area contributed by atoms with E-state index in [2.05, 4.69) is 63.7 Å². The Hall–Kier alpha value is -3.60. The van der Waals surface area contributed by atoms with Crippen LogP contribution in [0.3, 0.4) is 0 Å². The first-order chi connectivity index (χ1) is 21.2. The Morgan fingerprint density at radius 2 is 1.29 bits per heavy atom. The topological polar surface area (TPSA) is 152 Å². The zero-order valence-corrected chi connectivity index (χ0v) is 29.1. The minimum atomic E-state index is -1.80. The van der Waals surface area contributed by atoms with Crippen LogP contribution < -0.4 is 14.2 Å². The van der Waals surface area contributed by atoms with E-state index in [4.69, 9.17) is 23.8 Å². The van der Waals surface area contributed by atoms with E-state index in [0.717, 1.165) is 0 Å². The summed E-state index contributed by atoms with van der Waals surface area (Å²) in [5.74, 6) is -4.07. The summed E-state index contributed by atoms with van der Waals surface area (Å²) < 4.78 is 24.2. The molecule has 12 nitrogen and oxygen atoms in total. The summed E-state index contributed by atoms with van der Waals surface area (Å²) in [7, 11) is 0. The van der Waals surface area contributed by atoms with E-state index in [9.17, 15) is 28.8 Å². The van der Waals surface area contributed by atoms with E-state index in [1.807, 2.05) is 0 Å².